The topological polar surface area (TPSA) is 241 Å². The van der Waals surface area contributed by atoms with E-state index in [1.54, 1.807) is 0 Å². The molecule has 0 saturated carbocycles. The quantitative estimate of drug-likeness (QED) is 0.162. The molecule has 0 aliphatic heterocycles. The zero-order chi connectivity index (χ0) is 13.5. The van der Waals surface area contributed by atoms with Crippen LogP contribution in [0.1, 0.15) is 0 Å². The van der Waals surface area contributed by atoms with E-state index in [4.69, 9.17) is 52.6 Å². The molecule has 17 heavy (non-hydrogen) atoms. The molecular weight excluding hydrogens is 532 g/mol. The molecule has 4 radical (unpaired) electrons. The Balaban J connectivity index is -0.0000000400. The van der Waals surface area contributed by atoms with Crippen LogP contribution in [0, 0.1) is 0 Å². The number of rotatable bonds is 0. The maximum atomic E-state index is 8.52. The third-order valence-electron chi connectivity index (χ3n) is 0. The summed E-state index contributed by atoms with van der Waals surface area (Å²) in [6, 6.07) is 0. The van der Waals surface area contributed by atoms with Crippen molar-refractivity contribution < 1.29 is 52.6 Å². The van der Waals surface area contributed by atoms with Crippen molar-refractivity contribution in [3.8, 4) is 0 Å². The average molecular weight is 532 g/mol. The molecule has 17 heteroatoms. The summed E-state index contributed by atoms with van der Waals surface area (Å²) >= 11 is 0. The normalized spacial score (nSPS) is 10.2. The Kier molecular flexibility index (Phi) is 22.4. The summed E-state index contributed by atoms with van der Waals surface area (Å²) in [5, 5.41) is 0. The van der Waals surface area contributed by atoms with E-state index in [0.717, 1.165) is 0 Å². The van der Waals surface area contributed by atoms with Crippen molar-refractivity contribution in [2.24, 2.45) is 0 Å². The molecule has 0 aromatic carbocycles. The van der Waals surface area contributed by atoms with Crippen molar-refractivity contribution >= 4 is 80.1 Å². The van der Waals surface area contributed by atoms with Crippen molar-refractivity contribution in [3.05, 3.63) is 0 Å². The van der Waals surface area contributed by atoms with Gasteiger partial charge in [0.05, 0.1) is 0 Å². The summed E-state index contributed by atoms with van der Waals surface area (Å²) in [5.41, 5.74) is 0. The van der Waals surface area contributed by atoms with Gasteiger partial charge < -0.3 is 27.3 Å². The molecule has 0 aliphatic rings. The standard InChI is InChI=1S/3H2O4S.2Sb/c3*1-5(2,3)4;;/h3*(H2,1,2,3,4);;/q;;;2*+3/p-6. The summed E-state index contributed by atoms with van der Waals surface area (Å²) in [7, 11) is -15.5. The fourth-order valence-electron chi connectivity index (χ4n) is 0. The van der Waals surface area contributed by atoms with Crippen molar-refractivity contribution in [2.75, 3.05) is 0 Å². The summed E-state index contributed by atoms with van der Waals surface area (Å²) < 4.78 is 102. The number of hydrogen-bond acceptors (Lipinski definition) is 12. The van der Waals surface area contributed by atoms with E-state index in [1.165, 1.54) is 0 Å². The second-order valence-corrected chi connectivity index (χ2v) is 3.67. The van der Waals surface area contributed by atoms with Crippen LogP contribution in [0.15, 0.2) is 0 Å². The Morgan fingerprint density at radius 3 is 0.412 bits per heavy atom. The monoisotopic (exact) mass is 530 g/mol. The molecule has 0 aromatic heterocycles. The van der Waals surface area contributed by atoms with Gasteiger partial charge in [-0.2, -0.15) is 0 Å². The van der Waals surface area contributed by atoms with Crippen LogP contribution in [0.3, 0.4) is 0 Å². The first-order valence-electron chi connectivity index (χ1n) is 2.00. The molecule has 0 aromatic rings. The zero-order valence-corrected chi connectivity index (χ0v) is 14.6. The molecule has 12 nitrogen and oxygen atoms in total. The fourth-order valence-corrected chi connectivity index (χ4v) is 0. The fraction of sp³-hybridized carbons (Fsp3) is 0. The minimum Gasteiger partial charge on any atom is -0.759 e. The van der Waals surface area contributed by atoms with E-state index in [2.05, 4.69) is 0 Å². The van der Waals surface area contributed by atoms with Gasteiger partial charge in [-0.25, -0.2) is 0 Å². The molecule has 0 aliphatic carbocycles. The van der Waals surface area contributed by atoms with E-state index in [0.29, 0.717) is 0 Å². The first-order chi connectivity index (χ1) is 6.00. The predicted octanol–water partition coefficient (Wildman–Crippen LogP) is -4.78. The predicted molar refractivity (Wildman–Crippen MR) is 42.9 cm³/mol. The van der Waals surface area contributed by atoms with Gasteiger partial charge in [0.25, 0.3) is 0 Å². The van der Waals surface area contributed by atoms with E-state index in [9.17, 15) is 0 Å². The van der Waals surface area contributed by atoms with Crippen molar-refractivity contribution in [3.63, 3.8) is 0 Å². The third-order valence-corrected chi connectivity index (χ3v) is 0. The third kappa shape index (κ3) is 2580. The Bertz CT molecular complexity index is 341. The van der Waals surface area contributed by atoms with Crippen molar-refractivity contribution in [1.82, 2.24) is 0 Å². The molecule has 100 valence electrons. The summed E-state index contributed by atoms with van der Waals surface area (Å²) in [6.45, 7) is 0. The van der Waals surface area contributed by atoms with Gasteiger partial charge in [-0.05, 0) is 0 Å². The Hall–Kier alpha value is 1.25. The Labute approximate surface area is 131 Å². The molecule has 0 amide bonds. The molecule has 0 bridgehead atoms. The molecule has 0 atom stereocenters. The van der Waals surface area contributed by atoms with E-state index in [1.807, 2.05) is 0 Å². The molecule has 0 fully saturated rings. The molecule has 0 saturated heterocycles. The maximum absolute atomic E-state index is 8.52. The average Bonchev–Trinajstić information content (AvgIpc) is 1.41. The van der Waals surface area contributed by atoms with Gasteiger partial charge in [0.2, 0.25) is 0 Å². The second-order valence-electron chi connectivity index (χ2n) is 1.22. The minimum atomic E-state index is -5.17. The van der Waals surface area contributed by atoms with Crippen molar-refractivity contribution in [1.29, 1.82) is 0 Å². The van der Waals surface area contributed by atoms with Gasteiger partial charge in [0, 0.05) is 31.2 Å². The van der Waals surface area contributed by atoms with E-state index >= 15 is 0 Å². The van der Waals surface area contributed by atoms with Crippen molar-refractivity contribution in [2.45, 2.75) is 0 Å². The van der Waals surface area contributed by atoms with Gasteiger partial charge in [0.1, 0.15) is 0 Å². The van der Waals surface area contributed by atoms with Crippen LogP contribution < -0.4 is 0 Å². The van der Waals surface area contributed by atoms with Gasteiger partial charge >= 0.3 is 48.9 Å². The van der Waals surface area contributed by atoms with Gasteiger partial charge in [-0.15, -0.1) is 0 Å². The molecule has 0 N–H and O–H groups in total. The first-order valence-corrected chi connectivity index (χ1v) is 6.00. The van der Waals surface area contributed by atoms with Crippen LogP contribution >= 0.6 is 0 Å². The van der Waals surface area contributed by atoms with Gasteiger partial charge in [-0.1, -0.05) is 0 Å². The maximum Gasteiger partial charge on any atom is 3.00 e. The largest absolute Gasteiger partial charge is 3.00 e. The summed E-state index contributed by atoms with van der Waals surface area (Å²) in [4.78, 5) is 0. The van der Waals surface area contributed by atoms with Gasteiger partial charge in [-0.3, -0.25) is 25.3 Å². The van der Waals surface area contributed by atoms with Crippen LogP contribution in [0.2, 0.25) is 0 Å². The summed E-state index contributed by atoms with van der Waals surface area (Å²) in [5.74, 6) is 0. The van der Waals surface area contributed by atoms with E-state index in [-0.39, 0.29) is 48.9 Å². The Morgan fingerprint density at radius 2 is 0.412 bits per heavy atom. The SMILES string of the molecule is O=S(=O)([O-])[O-].O=S(=O)([O-])[O-].O=S(=O)([O-])[O-].[Sb+3].[Sb+3]. The molecule has 0 unspecified atom stereocenters. The minimum absolute atomic E-state index is 0. The number of hydrogen-bond donors (Lipinski definition) is 0. The van der Waals surface area contributed by atoms with E-state index < -0.39 is 31.2 Å². The first kappa shape index (κ1) is 30.9. The van der Waals surface area contributed by atoms with Crippen LogP contribution in [-0.2, 0) is 31.2 Å². The van der Waals surface area contributed by atoms with Crippen LogP contribution in [-0.4, -0.2) is 101 Å². The van der Waals surface area contributed by atoms with Crippen LogP contribution in [0.4, 0.5) is 0 Å². The second kappa shape index (κ2) is 12.3. The van der Waals surface area contributed by atoms with Gasteiger partial charge in [0.15, 0.2) is 0 Å². The Morgan fingerprint density at radius 1 is 0.412 bits per heavy atom. The molecule has 0 rings (SSSR count). The smallest absolute Gasteiger partial charge is 0.759 e. The van der Waals surface area contributed by atoms with Crippen LogP contribution in [0.5, 0.6) is 0 Å². The summed E-state index contributed by atoms with van der Waals surface area (Å²) in [6.07, 6.45) is 0. The molecular formula is O12S3Sb2. The molecule has 0 spiro atoms. The zero-order valence-electron chi connectivity index (χ0n) is 7.02. The van der Waals surface area contributed by atoms with Crippen LogP contribution in [0.25, 0.3) is 0 Å². The molecule has 0 heterocycles.